The third kappa shape index (κ3) is 5.21. The Bertz CT molecular complexity index is 451. The van der Waals surface area contributed by atoms with Gasteiger partial charge >= 0.3 is 5.97 Å². The van der Waals surface area contributed by atoms with Crippen molar-refractivity contribution >= 4 is 5.97 Å². The largest absolute Gasteiger partial charge is 0.459 e. The van der Waals surface area contributed by atoms with Crippen molar-refractivity contribution in [2.75, 3.05) is 6.54 Å². The van der Waals surface area contributed by atoms with E-state index in [0.717, 1.165) is 45.1 Å². The smallest absolute Gasteiger partial charge is 0.313 e. The molecule has 3 heteroatoms. The summed E-state index contributed by atoms with van der Waals surface area (Å²) < 4.78 is 6.14. The van der Waals surface area contributed by atoms with E-state index in [9.17, 15) is 4.79 Å². The zero-order chi connectivity index (χ0) is 19.5. The molecule has 25 heavy (non-hydrogen) atoms. The highest BCUT2D eigenvalue weighted by molar-refractivity contribution is 5.80. The lowest BCUT2D eigenvalue weighted by Crippen LogP contribution is -2.58. The molecule has 0 bridgehead atoms. The third-order valence-electron chi connectivity index (χ3n) is 6.82. The molecule has 0 radical (unpaired) electrons. The first-order valence-electron chi connectivity index (χ1n) is 10.3. The Labute approximate surface area is 156 Å². The van der Waals surface area contributed by atoms with Crippen LogP contribution >= 0.6 is 0 Å². The zero-order valence-electron chi connectivity index (χ0n) is 18.3. The topological polar surface area (TPSA) is 38.3 Å². The Morgan fingerprint density at radius 3 is 2.16 bits per heavy atom. The summed E-state index contributed by atoms with van der Waals surface area (Å²) in [5.74, 6) is 0.0409. The summed E-state index contributed by atoms with van der Waals surface area (Å²) in [5, 5.41) is 3.43. The fourth-order valence-corrected chi connectivity index (χ4v) is 4.09. The van der Waals surface area contributed by atoms with E-state index in [-0.39, 0.29) is 22.2 Å². The van der Waals surface area contributed by atoms with Crippen molar-refractivity contribution in [1.29, 1.82) is 0 Å². The van der Waals surface area contributed by atoms with E-state index in [1.54, 1.807) is 0 Å². The van der Waals surface area contributed by atoms with Gasteiger partial charge < -0.3 is 10.1 Å². The predicted molar refractivity (Wildman–Crippen MR) is 107 cm³/mol. The number of rotatable bonds is 10. The van der Waals surface area contributed by atoms with E-state index in [4.69, 9.17) is 4.74 Å². The number of ether oxygens (including phenoxy) is 1. The molecule has 0 spiro atoms. The second kappa shape index (κ2) is 7.98. The summed E-state index contributed by atoms with van der Waals surface area (Å²) in [6.45, 7) is 20.6. The molecule has 1 N–H and O–H groups in total. The van der Waals surface area contributed by atoms with E-state index >= 15 is 0 Å². The van der Waals surface area contributed by atoms with Crippen LogP contribution in [-0.4, -0.2) is 24.2 Å². The van der Waals surface area contributed by atoms with Gasteiger partial charge in [-0.2, -0.15) is 0 Å². The van der Waals surface area contributed by atoms with Gasteiger partial charge in [-0.25, -0.2) is 0 Å². The van der Waals surface area contributed by atoms with Gasteiger partial charge in [-0.05, 0) is 63.3 Å². The van der Waals surface area contributed by atoms with Gasteiger partial charge in [0.25, 0.3) is 0 Å². The minimum atomic E-state index is -0.424. The van der Waals surface area contributed by atoms with Gasteiger partial charge in [-0.15, -0.1) is 0 Å². The molecular weight excluding hydrogens is 310 g/mol. The first-order chi connectivity index (χ1) is 11.3. The summed E-state index contributed by atoms with van der Waals surface area (Å²) in [6.07, 6.45) is 6.00. The van der Waals surface area contributed by atoms with E-state index in [1.165, 1.54) is 0 Å². The molecule has 148 valence electrons. The molecule has 0 saturated heterocycles. The van der Waals surface area contributed by atoms with Crippen LogP contribution in [0.3, 0.4) is 0 Å². The molecule has 1 aliphatic rings. The fourth-order valence-electron chi connectivity index (χ4n) is 4.09. The number of carbonyl (C=O) groups is 1. The highest BCUT2D eigenvalue weighted by Gasteiger charge is 2.62. The fraction of sp³-hybridized carbons (Fsp3) is 0.955. The van der Waals surface area contributed by atoms with Crippen LogP contribution in [0.15, 0.2) is 0 Å². The van der Waals surface area contributed by atoms with E-state index in [1.807, 2.05) is 13.8 Å². The Kier molecular flexibility index (Phi) is 7.17. The number of hydrogen-bond acceptors (Lipinski definition) is 3. The molecule has 2 atom stereocenters. The molecule has 0 amide bonds. The van der Waals surface area contributed by atoms with Gasteiger partial charge in [0.2, 0.25) is 0 Å². The lowest BCUT2D eigenvalue weighted by molar-refractivity contribution is -0.200. The van der Waals surface area contributed by atoms with Crippen molar-refractivity contribution in [2.45, 2.75) is 112 Å². The van der Waals surface area contributed by atoms with Crippen molar-refractivity contribution in [3.05, 3.63) is 0 Å². The number of nitrogens with one attached hydrogen (secondary N) is 1. The minimum Gasteiger partial charge on any atom is -0.459 e. The van der Waals surface area contributed by atoms with Crippen LogP contribution in [-0.2, 0) is 9.53 Å². The standard InChI is InChI=1S/C22H43NO2/c1-10-19(5,6)16-22(13-12-21(22,9)11-2)18(24)25-20(7,8)14-15-23-17(3)4/h17,23H,10-16H2,1-9H3. The van der Waals surface area contributed by atoms with Crippen LogP contribution in [0.5, 0.6) is 0 Å². The van der Waals surface area contributed by atoms with Crippen LogP contribution in [0, 0.1) is 16.2 Å². The normalized spacial score (nSPS) is 27.3. The van der Waals surface area contributed by atoms with E-state index in [0.29, 0.717) is 6.04 Å². The molecule has 0 aromatic rings. The number of carbonyl (C=O) groups excluding carboxylic acids is 1. The predicted octanol–water partition coefficient (Wildman–Crippen LogP) is 5.72. The molecule has 0 heterocycles. The lowest BCUT2D eigenvalue weighted by Gasteiger charge is -2.58. The Hall–Kier alpha value is -0.570. The second-order valence-corrected chi connectivity index (χ2v) is 10.2. The maximum absolute atomic E-state index is 13.4. The van der Waals surface area contributed by atoms with Gasteiger partial charge in [0.05, 0.1) is 5.41 Å². The van der Waals surface area contributed by atoms with Crippen molar-refractivity contribution in [3.63, 3.8) is 0 Å². The molecule has 0 aliphatic heterocycles. The van der Waals surface area contributed by atoms with Crippen molar-refractivity contribution < 1.29 is 9.53 Å². The van der Waals surface area contributed by atoms with Gasteiger partial charge in [-0.3, -0.25) is 4.79 Å². The molecular formula is C22H43NO2. The zero-order valence-corrected chi connectivity index (χ0v) is 18.3. The first-order valence-corrected chi connectivity index (χ1v) is 10.3. The quantitative estimate of drug-likeness (QED) is 0.510. The number of esters is 1. The highest BCUT2D eigenvalue weighted by Crippen LogP contribution is 2.64. The van der Waals surface area contributed by atoms with Crippen LogP contribution in [0.2, 0.25) is 0 Å². The summed E-state index contributed by atoms with van der Waals surface area (Å²) in [4.78, 5) is 13.4. The van der Waals surface area contributed by atoms with Gasteiger partial charge in [0.1, 0.15) is 5.60 Å². The Morgan fingerprint density at radius 2 is 1.76 bits per heavy atom. The van der Waals surface area contributed by atoms with Crippen LogP contribution in [0.4, 0.5) is 0 Å². The van der Waals surface area contributed by atoms with Crippen molar-refractivity contribution in [2.24, 2.45) is 16.2 Å². The van der Waals surface area contributed by atoms with Gasteiger partial charge in [-0.1, -0.05) is 54.9 Å². The van der Waals surface area contributed by atoms with Crippen LogP contribution in [0.25, 0.3) is 0 Å². The highest BCUT2D eigenvalue weighted by atomic mass is 16.6. The van der Waals surface area contributed by atoms with Crippen LogP contribution < -0.4 is 5.32 Å². The SMILES string of the molecule is CCC(C)(C)CC1(C(=O)OC(C)(C)CCNC(C)C)CCC1(C)CC. The molecule has 1 saturated carbocycles. The average molecular weight is 354 g/mol. The summed E-state index contributed by atoms with van der Waals surface area (Å²) >= 11 is 0. The minimum absolute atomic E-state index is 0.0409. The lowest BCUT2D eigenvalue weighted by atomic mass is 9.45. The summed E-state index contributed by atoms with van der Waals surface area (Å²) in [6, 6.07) is 0.457. The second-order valence-electron chi connectivity index (χ2n) is 10.2. The first kappa shape index (κ1) is 22.5. The Balaban J connectivity index is 2.91. The average Bonchev–Trinajstić information content (AvgIpc) is 2.49. The molecule has 1 fully saturated rings. The number of hydrogen-bond donors (Lipinski definition) is 1. The monoisotopic (exact) mass is 353 g/mol. The van der Waals surface area contributed by atoms with Gasteiger partial charge in [0.15, 0.2) is 0 Å². The van der Waals surface area contributed by atoms with Gasteiger partial charge in [0, 0.05) is 6.04 Å². The van der Waals surface area contributed by atoms with Crippen LogP contribution in [0.1, 0.15) is 101 Å². The molecule has 1 rings (SSSR count). The Morgan fingerprint density at radius 1 is 1.16 bits per heavy atom. The molecule has 1 aliphatic carbocycles. The summed E-state index contributed by atoms with van der Waals surface area (Å²) in [5.41, 5.74) is -0.501. The maximum atomic E-state index is 13.4. The van der Waals surface area contributed by atoms with Crippen molar-refractivity contribution in [3.8, 4) is 0 Å². The molecule has 0 aromatic carbocycles. The van der Waals surface area contributed by atoms with E-state index < -0.39 is 5.60 Å². The van der Waals surface area contributed by atoms with Crippen molar-refractivity contribution in [1.82, 2.24) is 5.32 Å². The third-order valence-corrected chi connectivity index (χ3v) is 6.82. The molecule has 3 nitrogen and oxygen atoms in total. The summed E-state index contributed by atoms with van der Waals surface area (Å²) in [7, 11) is 0. The van der Waals surface area contributed by atoms with E-state index in [2.05, 4.69) is 53.8 Å². The molecule has 2 unspecified atom stereocenters. The maximum Gasteiger partial charge on any atom is 0.313 e. The molecule has 0 aromatic heterocycles.